The molecule has 2 heterocycles. The van der Waals surface area contributed by atoms with Crippen molar-refractivity contribution in [1.29, 1.82) is 0 Å². The number of carbonyl (C=O) groups excluding carboxylic acids is 1. The van der Waals surface area contributed by atoms with E-state index < -0.39 is 17.4 Å². The number of hydrogen-bond acceptors (Lipinski definition) is 3. The number of aromatic amines is 1. The summed E-state index contributed by atoms with van der Waals surface area (Å²) in [6, 6.07) is 13.5. The van der Waals surface area contributed by atoms with E-state index in [0.29, 0.717) is 22.7 Å². The van der Waals surface area contributed by atoms with Gasteiger partial charge in [-0.2, -0.15) is 13.2 Å². The van der Waals surface area contributed by atoms with Gasteiger partial charge in [-0.3, -0.25) is 14.7 Å². The Morgan fingerprint density at radius 2 is 1.71 bits per heavy atom. The summed E-state index contributed by atoms with van der Waals surface area (Å²) >= 11 is 5.89. The molecule has 10 heteroatoms. The molecule has 0 fully saturated rings. The van der Waals surface area contributed by atoms with Crippen molar-refractivity contribution in [3.05, 3.63) is 75.7 Å². The molecule has 0 aliphatic rings. The number of rotatable bonds is 5. The first-order chi connectivity index (χ1) is 16.0. The van der Waals surface area contributed by atoms with E-state index >= 15 is 0 Å². The predicted molar refractivity (Wildman–Crippen MR) is 125 cm³/mol. The zero-order valence-corrected chi connectivity index (χ0v) is 19.0. The smallest absolute Gasteiger partial charge is 0.326 e. The van der Waals surface area contributed by atoms with E-state index in [9.17, 15) is 22.8 Å². The molecule has 34 heavy (non-hydrogen) atoms. The van der Waals surface area contributed by atoms with Gasteiger partial charge in [0.2, 0.25) is 5.91 Å². The van der Waals surface area contributed by atoms with Crippen LogP contribution in [0.5, 0.6) is 0 Å². The summed E-state index contributed by atoms with van der Waals surface area (Å²) in [4.78, 5) is 29.1. The molecular weight excluding hydrogens is 469 g/mol. The molecule has 0 aliphatic heterocycles. The Hall–Kier alpha value is -3.59. The number of H-pyrrole nitrogens is 1. The number of halogens is 4. The SMILES string of the molecule is CC(C)CC(=O)Nc1ccc(-c2cc(=O)n3[nH]c(C(F)(F)F)c(-c4ccc(Cl)cc4)c3n2)cc1. The average molecular weight is 489 g/mol. The molecule has 0 unspecified atom stereocenters. The van der Waals surface area contributed by atoms with Gasteiger partial charge in [-0.05, 0) is 35.7 Å². The molecule has 0 atom stereocenters. The second kappa shape index (κ2) is 8.98. The number of anilines is 1. The first kappa shape index (κ1) is 23.6. The van der Waals surface area contributed by atoms with Gasteiger partial charge in [0.05, 0.1) is 11.3 Å². The molecule has 176 valence electrons. The van der Waals surface area contributed by atoms with Crippen LogP contribution in [0.2, 0.25) is 5.02 Å². The van der Waals surface area contributed by atoms with Crippen LogP contribution in [0.1, 0.15) is 26.0 Å². The van der Waals surface area contributed by atoms with E-state index in [1.807, 2.05) is 13.8 Å². The van der Waals surface area contributed by atoms with Crippen molar-refractivity contribution in [2.45, 2.75) is 26.4 Å². The lowest BCUT2D eigenvalue weighted by atomic mass is 10.1. The third-order valence-corrected chi connectivity index (χ3v) is 5.34. The summed E-state index contributed by atoms with van der Waals surface area (Å²) in [6.07, 6.45) is -4.37. The number of carbonyl (C=O) groups is 1. The van der Waals surface area contributed by atoms with Gasteiger partial charge in [0.15, 0.2) is 5.65 Å². The van der Waals surface area contributed by atoms with Crippen LogP contribution in [0.4, 0.5) is 18.9 Å². The Morgan fingerprint density at radius 1 is 1.09 bits per heavy atom. The van der Waals surface area contributed by atoms with E-state index in [0.717, 1.165) is 10.6 Å². The molecule has 0 saturated carbocycles. The molecule has 0 aliphatic carbocycles. The van der Waals surface area contributed by atoms with Crippen LogP contribution in [0.3, 0.4) is 0 Å². The van der Waals surface area contributed by atoms with Crippen molar-refractivity contribution < 1.29 is 18.0 Å². The van der Waals surface area contributed by atoms with Gasteiger partial charge in [0.1, 0.15) is 5.69 Å². The van der Waals surface area contributed by atoms with Crippen LogP contribution < -0.4 is 10.9 Å². The topological polar surface area (TPSA) is 79.3 Å². The molecule has 0 spiro atoms. The van der Waals surface area contributed by atoms with Crippen LogP contribution in [0.25, 0.3) is 28.0 Å². The Kier molecular flexibility index (Phi) is 6.22. The lowest BCUT2D eigenvalue weighted by Crippen LogP contribution is -2.15. The van der Waals surface area contributed by atoms with Gasteiger partial charge >= 0.3 is 6.18 Å². The molecule has 1 amide bonds. The molecule has 4 aromatic rings. The first-order valence-corrected chi connectivity index (χ1v) is 10.8. The highest BCUT2D eigenvalue weighted by molar-refractivity contribution is 6.30. The fraction of sp³-hybridized carbons (Fsp3) is 0.208. The molecule has 0 saturated heterocycles. The fourth-order valence-electron chi connectivity index (χ4n) is 3.59. The first-order valence-electron chi connectivity index (χ1n) is 10.4. The largest absolute Gasteiger partial charge is 0.433 e. The number of nitrogens with zero attached hydrogens (tertiary/aromatic N) is 2. The fourth-order valence-corrected chi connectivity index (χ4v) is 3.71. The number of fused-ring (bicyclic) bond motifs is 1. The van der Waals surface area contributed by atoms with Gasteiger partial charge in [-0.25, -0.2) is 9.50 Å². The maximum absolute atomic E-state index is 13.8. The molecule has 2 aromatic heterocycles. The van der Waals surface area contributed by atoms with E-state index in [2.05, 4.69) is 15.4 Å². The van der Waals surface area contributed by atoms with Crippen LogP contribution in [-0.4, -0.2) is 20.5 Å². The molecule has 0 radical (unpaired) electrons. The van der Waals surface area contributed by atoms with Crippen molar-refractivity contribution >= 4 is 28.8 Å². The second-order valence-corrected chi connectivity index (χ2v) is 8.67. The zero-order chi connectivity index (χ0) is 24.6. The van der Waals surface area contributed by atoms with E-state index in [1.165, 1.54) is 24.3 Å². The maximum atomic E-state index is 13.8. The summed E-state index contributed by atoms with van der Waals surface area (Å²) in [5.74, 6) is 0.0844. The molecule has 0 bridgehead atoms. The van der Waals surface area contributed by atoms with Crippen LogP contribution in [0.15, 0.2) is 59.4 Å². The van der Waals surface area contributed by atoms with Crippen LogP contribution >= 0.6 is 11.6 Å². The Morgan fingerprint density at radius 3 is 2.29 bits per heavy atom. The number of amides is 1. The van der Waals surface area contributed by atoms with Crippen molar-refractivity contribution in [2.75, 3.05) is 5.32 Å². The number of benzene rings is 2. The quantitative estimate of drug-likeness (QED) is 0.361. The van der Waals surface area contributed by atoms with Crippen molar-refractivity contribution in [1.82, 2.24) is 14.6 Å². The molecule has 2 N–H and O–H groups in total. The summed E-state index contributed by atoms with van der Waals surface area (Å²) in [5, 5.41) is 5.29. The standard InChI is InChI=1S/C24H20ClF3N4O2/c1-13(2)11-19(33)29-17-9-5-14(6-10-17)18-12-20(34)32-23(30-18)21(22(31-32)24(26,27)28)15-3-7-16(25)8-4-15/h3-10,12-13,31H,11H2,1-2H3,(H,29,33). The molecular formula is C24H20ClF3N4O2. The number of hydrogen-bond donors (Lipinski definition) is 2. The van der Waals surface area contributed by atoms with Crippen LogP contribution in [0, 0.1) is 5.92 Å². The summed E-state index contributed by atoms with van der Waals surface area (Å²) < 4.78 is 42.2. The van der Waals surface area contributed by atoms with E-state index in [-0.39, 0.29) is 34.3 Å². The van der Waals surface area contributed by atoms with Gasteiger partial charge in [0.25, 0.3) is 5.56 Å². The minimum atomic E-state index is -4.74. The van der Waals surface area contributed by atoms with E-state index in [1.54, 1.807) is 24.3 Å². The summed E-state index contributed by atoms with van der Waals surface area (Å²) in [6.45, 7) is 3.87. The number of nitrogens with one attached hydrogen (secondary N) is 2. The summed E-state index contributed by atoms with van der Waals surface area (Å²) in [5.41, 5.74) is -0.698. The third kappa shape index (κ3) is 4.84. The van der Waals surface area contributed by atoms with Gasteiger partial charge < -0.3 is 5.32 Å². The minimum Gasteiger partial charge on any atom is -0.326 e. The van der Waals surface area contributed by atoms with E-state index in [4.69, 9.17) is 11.6 Å². The van der Waals surface area contributed by atoms with Gasteiger partial charge in [-0.15, -0.1) is 0 Å². The zero-order valence-electron chi connectivity index (χ0n) is 18.2. The number of aromatic nitrogens is 3. The number of alkyl halides is 3. The lowest BCUT2D eigenvalue weighted by molar-refractivity contribution is -0.140. The predicted octanol–water partition coefficient (Wildman–Crippen LogP) is 6.01. The molecule has 4 rings (SSSR count). The minimum absolute atomic E-state index is 0.125. The Balaban J connectivity index is 1.80. The van der Waals surface area contributed by atoms with Gasteiger partial charge in [0, 0.05) is 28.8 Å². The maximum Gasteiger partial charge on any atom is 0.433 e. The second-order valence-electron chi connectivity index (χ2n) is 8.23. The Labute approximate surface area is 197 Å². The van der Waals surface area contributed by atoms with Crippen molar-refractivity contribution in [3.8, 4) is 22.4 Å². The lowest BCUT2D eigenvalue weighted by Gasteiger charge is -2.09. The van der Waals surface area contributed by atoms with Gasteiger partial charge in [-0.1, -0.05) is 49.7 Å². The van der Waals surface area contributed by atoms with Crippen molar-refractivity contribution in [2.24, 2.45) is 5.92 Å². The monoisotopic (exact) mass is 488 g/mol. The van der Waals surface area contributed by atoms with Crippen LogP contribution in [-0.2, 0) is 11.0 Å². The highest BCUT2D eigenvalue weighted by Gasteiger charge is 2.38. The average Bonchev–Trinajstić information content (AvgIpc) is 3.15. The normalized spacial score (nSPS) is 11.9. The Bertz CT molecular complexity index is 1410. The highest BCUT2D eigenvalue weighted by Crippen LogP contribution is 2.38. The summed E-state index contributed by atoms with van der Waals surface area (Å²) in [7, 11) is 0. The van der Waals surface area contributed by atoms with Crippen molar-refractivity contribution in [3.63, 3.8) is 0 Å². The highest BCUT2D eigenvalue weighted by atomic mass is 35.5. The molecule has 2 aromatic carbocycles. The molecule has 6 nitrogen and oxygen atoms in total. The third-order valence-electron chi connectivity index (χ3n) is 5.09.